The number of aryl methyl sites for hydroxylation is 1. The van der Waals surface area contributed by atoms with Gasteiger partial charge in [0, 0.05) is 28.4 Å². The lowest BCUT2D eigenvalue weighted by atomic mass is 10.2. The molecular formula is C31H24ClN5O6S. The van der Waals surface area contributed by atoms with Crippen molar-refractivity contribution in [1.82, 2.24) is 4.90 Å². The summed E-state index contributed by atoms with van der Waals surface area (Å²) >= 11 is 7.36. The standard InChI is InChI=1S/C31H24ClN5O6S/c1-20-4-9-24(10-5-20)34-29(38)19-43-27-13-8-23(32)15-22(27)16-28-30(39)36(18-26-3-2-14-42-26)31(44-28)35-33-17-21-6-11-25(12-7-21)37(40)41/h2-17H,18-19H2,1H3,(H,34,38)/b28-16-,33-17-,35-31+. The number of carbonyl (C=O) groups excluding carboxylic acids is 2. The molecule has 4 aromatic rings. The lowest BCUT2D eigenvalue weighted by molar-refractivity contribution is -0.384. The van der Waals surface area contributed by atoms with Crippen LogP contribution in [0.25, 0.3) is 6.08 Å². The SMILES string of the molecule is Cc1ccc(NC(=O)COc2ccc(Cl)cc2/C=C2\S/C(=N/N=C\c3ccc([N+](=O)[O-])cc3)N(Cc3ccco3)C2=O)cc1. The van der Waals surface area contributed by atoms with Crippen molar-refractivity contribution in [2.24, 2.45) is 10.2 Å². The van der Waals surface area contributed by atoms with E-state index >= 15 is 0 Å². The van der Waals surface area contributed by atoms with Gasteiger partial charge in [-0.05, 0) is 84.9 Å². The molecule has 1 aromatic heterocycles. The van der Waals surface area contributed by atoms with Crippen LogP contribution in [0.2, 0.25) is 5.02 Å². The van der Waals surface area contributed by atoms with Gasteiger partial charge in [-0.15, -0.1) is 5.10 Å². The molecule has 3 aromatic carbocycles. The minimum Gasteiger partial charge on any atom is -0.483 e. The molecule has 222 valence electrons. The third-order valence-electron chi connectivity index (χ3n) is 6.19. The summed E-state index contributed by atoms with van der Waals surface area (Å²) in [7, 11) is 0. The number of amides is 2. The van der Waals surface area contributed by atoms with E-state index < -0.39 is 4.92 Å². The van der Waals surface area contributed by atoms with Crippen LogP contribution in [-0.4, -0.2) is 39.6 Å². The molecule has 1 aliphatic heterocycles. The summed E-state index contributed by atoms with van der Waals surface area (Å²) in [6.45, 7) is 1.81. The molecule has 0 atom stereocenters. The van der Waals surface area contributed by atoms with Crippen molar-refractivity contribution < 1.29 is 23.7 Å². The summed E-state index contributed by atoms with van der Waals surface area (Å²) in [6, 6.07) is 21.6. The van der Waals surface area contributed by atoms with Gasteiger partial charge in [0.15, 0.2) is 11.8 Å². The molecule has 0 saturated carbocycles. The van der Waals surface area contributed by atoms with Crippen molar-refractivity contribution >= 4 is 64.0 Å². The molecule has 0 spiro atoms. The number of amidine groups is 1. The highest BCUT2D eigenvalue weighted by atomic mass is 35.5. The van der Waals surface area contributed by atoms with Gasteiger partial charge in [0.05, 0.1) is 28.9 Å². The van der Waals surface area contributed by atoms with Gasteiger partial charge in [0.1, 0.15) is 11.5 Å². The maximum Gasteiger partial charge on any atom is 0.269 e. The second kappa shape index (κ2) is 13.8. The first kappa shape index (κ1) is 30.3. The van der Waals surface area contributed by atoms with E-state index in [1.807, 2.05) is 19.1 Å². The summed E-state index contributed by atoms with van der Waals surface area (Å²) in [5.41, 5.74) is 2.76. The van der Waals surface area contributed by atoms with Crippen molar-refractivity contribution in [1.29, 1.82) is 0 Å². The van der Waals surface area contributed by atoms with Gasteiger partial charge in [0.2, 0.25) is 0 Å². The molecule has 0 bridgehead atoms. The monoisotopic (exact) mass is 629 g/mol. The molecule has 1 N–H and O–H groups in total. The number of carbonyl (C=O) groups is 2. The van der Waals surface area contributed by atoms with E-state index in [9.17, 15) is 19.7 Å². The van der Waals surface area contributed by atoms with Gasteiger partial charge in [-0.2, -0.15) is 5.10 Å². The molecule has 1 fully saturated rings. The van der Waals surface area contributed by atoms with Crippen molar-refractivity contribution in [3.63, 3.8) is 0 Å². The van der Waals surface area contributed by atoms with Crippen molar-refractivity contribution in [3.05, 3.63) is 128 Å². The topological polar surface area (TPSA) is 140 Å². The highest BCUT2D eigenvalue weighted by Crippen LogP contribution is 2.36. The van der Waals surface area contributed by atoms with Crippen molar-refractivity contribution in [2.45, 2.75) is 13.5 Å². The molecule has 0 radical (unpaired) electrons. The Labute approximate surface area is 261 Å². The number of nitro benzene ring substituents is 1. The molecule has 2 heterocycles. The van der Waals surface area contributed by atoms with Crippen LogP contribution in [0.5, 0.6) is 5.75 Å². The average Bonchev–Trinajstić information content (AvgIpc) is 3.62. The average molecular weight is 630 g/mol. The van der Waals surface area contributed by atoms with Crippen LogP contribution in [0.3, 0.4) is 0 Å². The molecule has 0 aliphatic carbocycles. The fourth-order valence-corrected chi connectivity index (χ4v) is 5.10. The summed E-state index contributed by atoms with van der Waals surface area (Å²) in [4.78, 5) is 38.2. The second-order valence-corrected chi connectivity index (χ2v) is 10.9. The summed E-state index contributed by atoms with van der Waals surface area (Å²) in [5.74, 6) is 0.199. The van der Waals surface area contributed by atoms with E-state index in [0.29, 0.717) is 38.3 Å². The number of benzene rings is 3. The summed E-state index contributed by atoms with van der Waals surface area (Å²) in [6.07, 6.45) is 4.55. The number of ether oxygens (including phenoxy) is 1. The van der Waals surface area contributed by atoms with Gasteiger partial charge >= 0.3 is 0 Å². The summed E-state index contributed by atoms with van der Waals surface area (Å²) in [5, 5.41) is 22.8. The lowest BCUT2D eigenvalue weighted by Gasteiger charge is -2.13. The number of nitro groups is 1. The predicted molar refractivity (Wildman–Crippen MR) is 170 cm³/mol. The minimum absolute atomic E-state index is 0.0407. The number of rotatable bonds is 10. The first-order valence-electron chi connectivity index (χ1n) is 13.1. The number of halogens is 1. The highest BCUT2D eigenvalue weighted by molar-refractivity contribution is 8.18. The largest absolute Gasteiger partial charge is 0.483 e. The number of non-ortho nitro benzene ring substituents is 1. The molecule has 1 saturated heterocycles. The maximum atomic E-state index is 13.5. The van der Waals surface area contributed by atoms with E-state index in [1.54, 1.807) is 60.7 Å². The van der Waals surface area contributed by atoms with E-state index in [4.69, 9.17) is 20.8 Å². The number of hydrogen-bond donors (Lipinski definition) is 1. The Morgan fingerprint density at radius 2 is 1.91 bits per heavy atom. The molecule has 1 aliphatic rings. The van der Waals surface area contributed by atoms with Gasteiger partial charge in [-0.25, -0.2) is 0 Å². The van der Waals surface area contributed by atoms with Crippen LogP contribution in [0, 0.1) is 17.0 Å². The third kappa shape index (κ3) is 7.79. The highest BCUT2D eigenvalue weighted by Gasteiger charge is 2.34. The van der Waals surface area contributed by atoms with Crippen molar-refractivity contribution in [2.75, 3.05) is 11.9 Å². The molecular weight excluding hydrogens is 606 g/mol. The van der Waals surface area contributed by atoms with Gasteiger partial charge in [-0.1, -0.05) is 29.3 Å². The quantitative estimate of drug-likeness (QED) is 0.0894. The predicted octanol–water partition coefficient (Wildman–Crippen LogP) is 6.67. The van der Waals surface area contributed by atoms with Crippen LogP contribution in [0.15, 0.2) is 105 Å². The Morgan fingerprint density at radius 1 is 1.14 bits per heavy atom. The van der Waals surface area contributed by atoms with E-state index in [2.05, 4.69) is 15.5 Å². The van der Waals surface area contributed by atoms with Crippen LogP contribution in [0.1, 0.15) is 22.5 Å². The zero-order valence-electron chi connectivity index (χ0n) is 23.2. The molecule has 0 unspecified atom stereocenters. The van der Waals surface area contributed by atoms with Gasteiger partial charge in [0.25, 0.3) is 17.5 Å². The molecule has 5 rings (SSSR count). The Bertz CT molecular complexity index is 1770. The van der Waals surface area contributed by atoms with Crippen LogP contribution in [0.4, 0.5) is 11.4 Å². The Kier molecular flexibility index (Phi) is 9.52. The Balaban J connectivity index is 1.36. The fourth-order valence-electron chi connectivity index (χ4n) is 3.99. The number of hydrogen-bond acceptors (Lipinski definition) is 9. The molecule has 11 nitrogen and oxygen atoms in total. The van der Waals surface area contributed by atoms with Gasteiger partial charge in [-0.3, -0.25) is 24.6 Å². The Hall–Kier alpha value is -5.20. The van der Waals surface area contributed by atoms with E-state index in [0.717, 1.165) is 17.3 Å². The zero-order chi connectivity index (χ0) is 31.1. The first-order chi connectivity index (χ1) is 21.2. The molecule has 2 amide bonds. The third-order valence-corrected chi connectivity index (χ3v) is 7.42. The van der Waals surface area contributed by atoms with Crippen LogP contribution >= 0.6 is 23.4 Å². The van der Waals surface area contributed by atoms with Crippen LogP contribution < -0.4 is 10.1 Å². The number of nitrogens with zero attached hydrogens (tertiary/aromatic N) is 4. The van der Waals surface area contributed by atoms with E-state index in [1.165, 1.54) is 29.5 Å². The van der Waals surface area contributed by atoms with Crippen LogP contribution in [-0.2, 0) is 16.1 Å². The van der Waals surface area contributed by atoms with Crippen molar-refractivity contribution in [3.8, 4) is 5.75 Å². The fraction of sp³-hybridized carbons (Fsp3) is 0.0968. The zero-order valence-corrected chi connectivity index (χ0v) is 24.7. The second-order valence-electron chi connectivity index (χ2n) is 9.44. The Morgan fingerprint density at radius 3 is 2.61 bits per heavy atom. The smallest absolute Gasteiger partial charge is 0.269 e. The number of thioether (sulfide) groups is 1. The molecule has 13 heteroatoms. The normalized spacial score (nSPS) is 15.0. The number of anilines is 1. The maximum absolute atomic E-state index is 13.5. The van der Waals surface area contributed by atoms with E-state index in [-0.39, 0.29) is 35.8 Å². The number of furan rings is 1. The summed E-state index contributed by atoms with van der Waals surface area (Å²) < 4.78 is 11.3. The minimum atomic E-state index is -0.487. The van der Waals surface area contributed by atoms with Gasteiger partial charge < -0.3 is 14.5 Å². The number of nitrogens with one attached hydrogen (secondary N) is 1. The first-order valence-corrected chi connectivity index (χ1v) is 14.3. The molecule has 44 heavy (non-hydrogen) atoms. The lowest BCUT2D eigenvalue weighted by Crippen LogP contribution is -2.28.